The zero-order chi connectivity index (χ0) is 17.1. The van der Waals surface area contributed by atoms with Gasteiger partial charge in [0, 0.05) is 45.7 Å². The third-order valence-electron chi connectivity index (χ3n) is 5.42. The van der Waals surface area contributed by atoms with E-state index in [1.54, 1.807) is 9.80 Å². The van der Waals surface area contributed by atoms with Crippen LogP contribution in [-0.2, 0) is 14.4 Å². The third kappa shape index (κ3) is 3.71. The summed E-state index contributed by atoms with van der Waals surface area (Å²) < 4.78 is 0. The fourth-order valence-corrected chi connectivity index (χ4v) is 3.84. The summed E-state index contributed by atoms with van der Waals surface area (Å²) in [7, 11) is 2.06. The molecule has 0 aromatic carbocycles. The molecular formula is C17H28N4O3. The number of nitrogens with zero attached hydrogens (tertiary/aromatic N) is 4. The number of rotatable bonds is 3. The molecule has 3 aliphatic rings. The normalized spacial score (nSPS) is 26.1. The molecule has 0 spiro atoms. The maximum Gasteiger partial charge on any atom is 0.245 e. The lowest BCUT2D eigenvalue weighted by Gasteiger charge is -2.36. The minimum Gasteiger partial charge on any atom is -0.338 e. The molecule has 0 aliphatic carbocycles. The molecule has 1 unspecified atom stereocenters. The predicted octanol–water partition coefficient (Wildman–Crippen LogP) is -0.236. The van der Waals surface area contributed by atoms with Crippen LogP contribution in [0.3, 0.4) is 0 Å². The van der Waals surface area contributed by atoms with Gasteiger partial charge in [-0.2, -0.15) is 0 Å². The average Bonchev–Trinajstić information content (AvgIpc) is 3.07. The zero-order valence-electron chi connectivity index (χ0n) is 14.6. The van der Waals surface area contributed by atoms with Gasteiger partial charge < -0.3 is 19.6 Å². The second-order valence-corrected chi connectivity index (χ2v) is 7.15. The molecule has 3 amide bonds. The Morgan fingerprint density at radius 2 is 1.75 bits per heavy atom. The van der Waals surface area contributed by atoms with E-state index in [4.69, 9.17) is 0 Å². The lowest BCUT2D eigenvalue weighted by Crippen LogP contribution is -2.55. The minimum absolute atomic E-state index is 0.0655. The Bertz CT molecular complexity index is 502. The number of likely N-dealkylation sites (N-methyl/N-ethyl adjacent to an activating group) is 1. The number of piperazine rings is 1. The van der Waals surface area contributed by atoms with Gasteiger partial charge in [-0.15, -0.1) is 0 Å². The molecule has 3 rings (SSSR count). The summed E-state index contributed by atoms with van der Waals surface area (Å²) in [5.41, 5.74) is 0. The zero-order valence-corrected chi connectivity index (χ0v) is 14.6. The summed E-state index contributed by atoms with van der Waals surface area (Å²) in [6.45, 7) is 4.66. The quantitative estimate of drug-likeness (QED) is 0.714. The molecule has 0 aromatic rings. The highest BCUT2D eigenvalue weighted by molar-refractivity contribution is 5.91. The minimum atomic E-state index is -0.333. The van der Waals surface area contributed by atoms with Crippen LogP contribution in [0.1, 0.15) is 32.1 Å². The van der Waals surface area contributed by atoms with Gasteiger partial charge in [0.15, 0.2) is 0 Å². The second kappa shape index (κ2) is 7.51. The van der Waals surface area contributed by atoms with E-state index in [0.29, 0.717) is 19.5 Å². The summed E-state index contributed by atoms with van der Waals surface area (Å²) in [5.74, 6) is 0.0740. The Hall–Kier alpha value is -1.63. The lowest BCUT2D eigenvalue weighted by atomic mass is 10.1. The largest absolute Gasteiger partial charge is 0.338 e. The van der Waals surface area contributed by atoms with Gasteiger partial charge in [-0.3, -0.25) is 14.4 Å². The van der Waals surface area contributed by atoms with E-state index < -0.39 is 0 Å². The Kier molecular flexibility index (Phi) is 5.38. The first-order chi connectivity index (χ1) is 11.6. The predicted molar refractivity (Wildman–Crippen MR) is 89.2 cm³/mol. The van der Waals surface area contributed by atoms with Crippen molar-refractivity contribution in [2.75, 3.05) is 52.9 Å². The first-order valence-electron chi connectivity index (χ1n) is 9.11. The third-order valence-corrected chi connectivity index (χ3v) is 5.42. The number of hydrogen-bond acceptors (Lipinski definition) is 4. The van der Waals surface area contributed by atoms with Crippen molar-refractivity contribution in [3.05, 3.63) is 0 Å². The van der Waals surface area contributed by atoms with Gasteiger partial charge in [-0.25, -0.2) is 0 Å². The number of hydrogen-bond donors (Lipinski definition) is 0. The number of amides is 3. The van der Waals surface area contributed by atoms with Crippen LogP contribution >= 0.6 is 0 Å². The van der Waals surface area contributed by atoms with Gasteiger partial charge in [0.25, 0.3) is 0 Å². The fraction of sp³-hybridized carbons (Fsp3) is 0.824. The van der Waals surface area contributed by atoms with E-state index in [-0.39, 0.29) is 30.3 Å². The van der Waals surface area contributed by atoms with Crippen LogP contribution in [0.25, 0.3) is 0 Å². The maximum absolute atomic E-state index is 12.8. The Morgan fingerprint density at radius 1 is 1.00 bits per heavy atom. The second-order valence-electron chi connectivity index (χ2n) is 7.15. The van der Waals surface area contributed by atoms with Crippen molar-refractivity contribution in [3.63, 3.8) is 0 Å². The molecule has 7 nitrogen and oxygen atoms in total. The smallest absolute Gasteiger partial charge is 0.245 e. The number of carbonyl (C=O) groups excluding carboxylic acids is 3. The monoisotopic (exact) mass is 336 g/mol. The standard InChI is InChI=1S/C17H28N4O3/c1-18-9-11-19(12-10-18)17(24)14-5-4-8-21(14)16(23)13-20-7-3-2-6-15(20)22/h14H,2-13H2,1H3. The highest BCUT2D eigenvalue weighted by atomic mass is 16.2. The van der Waals surface area contributed by atoms with Gasteiger partial charge in [0.2, 0.25) is 17.7 Å². The van der Waals surface area contributed by atoms with Crippen molar-refractivity contribution in [1.29, 1.82) is 0 Å². The van der Waals surface area contributed by atoms with Crippen LogP contribution in [0, 0.1) is 0 Å². The topological polar surface area (TPSA) is 64.2 Å². The van der Waals surface area contributed by atoms with Gasteiger partial charge >= 0.3 is 0 Å². The van der Waals surface area contributed by atoms with Gasteiger partial charge in [-0.1, -0.05) is 0 Å². The highest BCUT2D eigenvalue weighted by Crippen LogP contribution is 2.21. The molecule has 3 heterocycles. The summed E-state index contributed by atoms with van der Waals surface area (Å²) in [5, 5.41) is 0. The number of piperidine rings is 1. The van der Waals surface area contributed by atoms with Crippen molar-refractivity contribution in [2.45, 2.75) is 38.1 Å². The molecule has 1 atom stereocenters. The first kappa shape index (κ1) is 17.2. The Balaban J connectivity index is 1.59. The van der Waals surface area contributed by atoms with E-state index in [2.05, 4.69) is 11.9 Å². The molecule has 0 aromatic heterocycles. The van der Waals surface area contributed by atoms with Crippen LogP contribution in [0.2, 0.25) is 0 Å². The summed E-state index contributed by atoms with van der Waals surface area (Å²) in [4.78, 5) is 44.9. The Labute approximate surface area is 143 Å². The lowest BCUT2D eigenvalue weighted by molar-refractivity contribution is -0.147. The summed E-state index contributed by atoms with van der Waals surface area (Å²) in [6, 6.07) is -0.333. The molecule has 0 bridgehead atoms. The molecule has 7 heteroatoms. The van der Waals surface area contributed by atoms with Crippen molar-refractivity contribution in [3.8, 4) is 0 Å². The highest BCUT2D eigenvalue weighted by Gasteiger charge is 2.37. The molecule has 3 fully saturated rings. The molecule has 0 saturated carbocycles. The van der Waals surface area contributed by atoms with Gasteiger partial charge in [-0.05, 0) is 32.7 Å². The first-order valence-corrected chi connectivity index (χ1v) is 9.11. The van der Waals surface area contributed by atoms with Crippen LogP contribution in [0.4, 0.5) is 0 Å². The molecule has 0 N–H and O–H groups in total. The molecular weight excluding hydrogens is 308 g/mol. The molecule has 3 aliphatic heterocycles. The van der Waals surface area contributed by atoms with Gasteiger partial charge in [0.1, 0.15) is 6.04 Å². The van der Waals surface area contributed by atoms with Crippen LogP contribution < -0.4 is 0 Å². The van der Waals surface area contributed by atoms with E-state index in [1.807, 2.05) is 4.90 Å². The van der Waals surface area contributed by atoms with Crippen LogP contribution in [0.15, 0.2) is 0 Å². The van der Waals surface area contributed by atoms with E-state index in [9.17, 15) is 14.4 Å². The molecule has 3 saturated heterocycles. The van der Waals surface area contributed by atoms with E-state index >= 15 is 0 Å². The average molecular weight is 336 g/mol. The van der Waals surface area contributed by atoms with E-state index in [1.165, 1.54) is 0 Å². The van der Waals surface area contributed by atoms with Crippen LogP contribution in [-0.4, -0.2) is 96.2 Å². The van der Waals surface area contributed by atoms with Crippen LogP contribution in [0.5, 0.6) is 0 Å². The fourth-order valence-electron chi connectivity index (χ4n) is 3.84. The SMILES string of the molecule is CN1CCN(C(=O)C2CCCN2C(=O)CN2CCCCC2=O)CC1. The van der Waals surface area contributed by atoms with Gasteiger partial charge in [0.05, 0.1) is 6.54 Å². The molecule has 134 valence electrons. The Morgan fingerprint density at radius 3 is 2.46 bits per heavy atom. The summed E-state index contributed by atoms with van der Waals surface area (Å²) in [6.07, 6.45) is 4.02. The number of carbonyl (C=O) groups is 3. The van der Waals surface area contributed by atoms with Crippen molar-refractivity contribution in [1.82, 2.24) is 19.6 Å². The van der Waals surface area contributed by atoms with Crippen molar-refractivity contribution in [2.24, 2.45) is 0 Å². The summed E-state index contributed by atoms with van der Waals surface area (Å²) >= 11 is 0. The molecule has 24 heavy (non-hydrogen) atoms. The van der Waals surface area contributed by atoms with E-state index in [0.717, 1.165) is 51.9 Å². The van der Waals surface area contributed by atoms with Crippen molar-refractivity contribution >= 4 is 17.7 Å². The molecule has 0 radical (unpaired) electrons. The van der Waals surface area contributed by atoms with Crippen molar-refractivity contribution < 1.29 is 14.4 Å². The number of likely N-dealkylation sites (tertiary alicyclic amines) is 2. The maximum atomic E-state index is 12.8.